The lowest BCUT2D eigenvalue weighted by Gasteiger charge is -2.22. The van der Waals surface area contributed by atoms with Crippen LogP contribution in [-0.4, -0.2) is 42.3 Å². The molecule has 2 aromatic rings. The van der Waals surface area contributed by atoms with Crippen LogP contribution >= 0.6 is 11.6 Å². The van der Waals surface area contributed by atoms with Gasteiger partial charge in [-0.1, -0.05) is 11.6 Å². The van der Waals surface area contributed by atoms with Crippen molar-refractivity contribution in [2.24, 2.45) is 0 Å². The molecule has 3 heterocycles. The molecule has 2 aliphatic heterocycles. The molecular weight excluding hydrogens is 328 g/mol. The maximum atomic E-state index is 6.31. The Morgan fingerprint density at radius 3 is 3.08 bits per heavy atom. The molecule has 0 amide bonds. The predicted octanol–water partition coefficient (Wildman–Crippen LogP) is 3.16. The number of halogens is 1. The van der Waals surface area contributed by atoms with Crippen LogP contribution in [0, 0.1) is 0 Å². The van der Waals surface area contributed by atoms with E-state index in [4.69, 9.17) is 25.8 Å². The van der Waals surface area contributed by atoms with Crippen LogP contribution in [0.25, 0.3) is 0 Å². The van der Waals surface area contributed by atoms with Gasteiger partial charge in [-0.05, 0) is 36.2 Å². The van der Waals surface area contributed by atoms with E-state index in [-0.39, 0.29) is 6.10 Å². The number of likely N-dealkylation sites (tertiary alicyclic amines) is 1. The van der Waals surface area contributed by atoms with Crippen molar-refractivity contribution in [3.8, 4) is 17.2 Å². The highest BCUT2D eigenvalue weighted by molar-refractivity contribution is 6.32. The number of aromatic nitrogens is 1. The van der Waals surface area contributed by atoms with Gasteiger partial charge >= 0.3 is 0 Å². The van der Waals surface area contributed by atoms with E-state index in [1.807, 2.05) is 24.3 Å². The van der Waals surface area contributed by atoms with Gasteiger partial charge in [-0.25, -0.2) is 0 Å². The molecule has 1 fully saturated rings. The molecule has 0 spiro atoms. The fraction of sp³-hybridized carbons (Fsp3) is 0.389. The molecule has 0 N–H and O–H groups in total. The average molecular weight is 347 g/mol. The first-order chi connectivity index (χ1) is 11.8. The van der Waals surface area contributed by atoms with Crippen LogP contribution in [0.3, 0.4) is 0 Å². The predicted molar refractivity (Wildman–Crippen MR) is 91.0 cm³/mol. The van der Waals surface area contributed by atoms with Crippen LogP contribution in [0.2, 0.25) is 5.02 Å². The van der Waals surface area contributed by atoms with E-state index in [1.165, 1.54) is 0 Å². The van der Waals surface area contributed by atoms with Crippen LogP contribution < -0.4 is 14.2 Å². The van der Waals surface area contributed by atoms with E-state index < -0.39 is 0 Å². The summed E-state index contributed by atoms with van der Waals surface area (Å²) in [6.45, 7) is 3.82. The molecule has 126 valence electrons. The monoisotopic (exact) mass is 346 g/mol. The summed E-state index contributed by atoms with van der Waals surface area (Å²) in [5.41, 5.74) is 1.13. The average Bonchev–Trinajstić information content (AvgIpc) is 3.03. The van der Waals surface area contributed by atoms with Crippen molar-refractivity contribution in [2.75, 3.05) is 26.3 Å². The summed E-state index contributed by atoms with van der Waals surface area (Å²) in [6.07, 6.45) is 4.71. The highest BCUT2D eigenvalue weighted by Crippen LogP contribution is 2.38. The summed E-state index contributed by atoms with van der Waals surface area (Å²) in [5.74, 6) is 2.23. The third-order valence-corrected chi connectivity index (χ3v) is 4.51. The van der Waals surface area contributed by atoms with Crippen LogP contribution in [0.1, 0.15) is 12.0 Å². The molecular formula is C18H19ClN2O3. The zero-order chi connectivity index (χ0) is 16.4. The van der Waals surface area contributed by atoms with E-state index in [1.54, 1.807) is 12.4 Å². The maximum absolute atomic E-state index is 6.31. The summed E-state index contributed by atoms with van der Waals surface area (Å²) < 4.78 is 17.2. The lowest BCUT2D eigenvalue weighted by Crippen LogP contribution is -2.24. The molecule has 1 aromatic heterocycles. The molecule has 0 radical (unpaired) electrons. The summed E-state index contributed by atoms with van der Waals surface area (Å²) in [7, 11) is 0. The topological polar surface area (TPSA) is 43.8 Å². The fourth-order valence-electron chi connectivity index (χ4n) is 3.16. The van der Waals surface area contributed by atoms with Crippen LogP contribution in [0.4, 0.5) is 0 Å². The van der Waals surface area contributed by atoms with Crippen molar-refractivity contribution in [3.05, 3.63) is 47.2 Å². The SMILES string of the molecule is Clc1cc(CN2CCC(Oc3cccnc3)C2)cc2c1OCCO2. The third-order valence-electron chi connectivity index (χ3n) is 4.23. The van der Waals surface area contributed by atoms with Gasteiger partial charge in [0, 0.05) is 25.8 Å². The van der Waals surface area contributed by atoms with Gasteiger partial charge in [0.05, 0.1) is 11.2 Å². The van der Waals surface area contributed by atoms with Crippen LogP contribution in [-0.2, 0) is 6.54 Å². The minimum atomic E-state index is 0.196. The quantitative estimate of drug-likeness (QED) is 0.850. The summed E-state index contributed by atoms with van der Waals surface area (Å²) in [6, 6.07) is 7.82. The number of hydrogen-bond acceptors (Lipinski definition) is 5. The Morgan fingerprint density at radius 2 is 2.21 bits per heavy atom. The number of nitrogens with zero attached hydrogens (tertiary/aromatic N) is 2. The van der Waals surface area contributed by atoms with E-state index in [2.05, 4.69) is 9.88 Å². The molecule has 6 heteroatoms. The lowest BCUT2D eigenvalue weighted by molar-refractivity contribution is 0.171. The Labute approximate surface area is 146 Å². The Balaban J connectivity index is 1.39. The Hall–Kier alpha value is -1.98. The zero-order valence-corrected chi connectivity index (χ0v) is 14.0. The smallest absolute Gasteiger partial charge is 0.179 e. The third kappa shape index (κ3) is 3.42. The first kappa shape index (κ1) is 15.5. The number of hydrogen-bond donors (Lipinski definition) is 0. The first-order valence-corrected chi connectivity index (χ1v) is 8.53. The lowest BCUT2D eigenvalue weighted by atomic mass is 10.2. The molecule has 1 saturated heterocycles. The highest BCUT2D eigenvalue weighted by atomic mass is 35.5. The maximum Gasteiger partial charge on any atom is 0.179 e. The van der Waals surface area contributed by atoms with Gasteiger partial charge in [-0.2, -0.15) is 0 Å². The van der Waals surface area contributed by atoms with Gasteiger partial charge < -0.3 is 14.2 Å². The second-order valence-corrected chi connectivity index (χ2v) is 6.46. The zero-order valence-electron chi connectivity index (χ0n) is 13.3. The van der Waals surface area contributed by atoms with Crippen molar-refractivity contribution in [1.82, 2.24) is 9.88 Å². The fourth-order valence-corrected chi connectivity index (χ4v) is 3.45. The summed E-state index contributed by atoms with van der Waals surface area (Å²) in [5, 5.41) is 0.615. The molecule has 1 unspecified atom stereocenters. The van der Waals surface area contributed by atoms with Gasteiger partial charge in [0.2, 0.25) is 0 Å². The summed E-state index contributed by atoms with van der Waals surface area (Å²) in [4.78, 5) is 6.45. The van der Waals surface area contributed by atoms with Crippen molar-refractivity contribution in [1.29, 1.82) is 0 Å². The second-order valence-electron chi connectivity index (χ2n) is 6.05. The van der Waals surface area contributed by atoms with E-state index in [0.717, 1.165) is 43.1 Å². The van der Waals surface area contributed by atoms with Crippen LogP contribution in [0.5, 0.6) is 17.2 Å². The Morgan fingerprint density at radius 1 is 1.29 bits per heavy atom. The highest BCUT2D eigenvalue weighted by Gasteiger charge is 2.25. The van der Waals surface area contributed by atoms with Crippen molar-refractivity contribution >= 4 is 11.6 Å². The van der Waals surface area contributed by atoms with Crippen molar-refractivity contribution < 1.29 is 14.2 Å². The number of rotatable bonds is 4. The van der Waals surface area contributed by atoms with E-state index in [0.29, 0.717) is 24.0 Å². The molecule has 1 atom stereocenters. The second kappa shape index (κ2) is 6.87. The number of fused-ring (bicyclic) bond motifs is 1. The van der Waals surface area contributed by atoms with E-state index >= 15 is 0 Å². The van der Waals surface area contributed by atoms with Gasteiger partial charge in [-0.3, -0.25) is 9.88 Å². The molecule has 4 rings (SSSR count). The molecule has 2 aliphatic rings. The Kier molecular flexibility index (Phi) is 4.45. The number of ether oxygens (including phenoxy) is 3. The Bertz CT molecular complexity index is 711. The van der Waals surface area contributed by atoms with Crippen molar-refractivity contribution in [2.45, 2.75) is 19.1 Å². The molecule has 0 aliphatic carbocycles. The standard InChI is InChI=1S/C18H19ClN2O3/c19-16-8-13(9-17-18(16)23-7-6-22-17)11-21-5-3-15(12-21)24-14-2-1-4-20-10-14/h1-2,4,8-10,15H,3,5-7,11-12H2. The van der Waals surface area contributed by atoms with Gasteiger partial charge in [-0.15, -0.1) is 0 Å². The van der Waals surface area contributed by atoms with Crippen LogP contribution in [0.15, 0.2) is 36.7 Å². The number of benzene rings is 1. The largest absolute Gasteiger partial charge is 0.487 e. The molecule has 0 bridgehead atoms. The minimum Gasteiger partial charge on any atom is -0.487 e. The van der Waals surface area contributed by atoms with Gasteiger partial charge in [0.15, 0.2) is 11.5 Å². The summed E-state index contributed by atoms with van der Waals surface area (Å²) >= 11 is 6.31. The normalized spacial score (nSPS) is 20.1. The van der Waals surface area contributed by atoms with Gasteiger partial charge in [0.1, 0.15) is 25.1 Å². The first-order valence-electron chi connectivity index (χ1n) is 8.15. The van der Waals surface area contributed by atoms with Gasteiger partial charge in [0.25, 0.3) is 0 Å². The molecule has 24 heavy (non-hydrogen) atoms. The molecule has 5 nitrogen and oxygen atoms in total. The van der Waals surface area contributed by atoms with E-state index in [9.17, 15) is 0 Å². The molecule has 0 saturated carbocycles. The van der Waals surface area contributed by atoms with Crippen molar-refractivity contribution in [3.63, 3.8) is 0 Å². The minimum absolute atomic E-state index is 0.196. The molecule has 1 aromatic carbocycles. The number of pyridine rings is 1.